The molecule has 0 spiro atoms. The van der Waals surface area contributed by atoms with Gasteiger partial charge in [-0.1, -0.05) is 23.7 Å². The molecule has 27 heavy (non-hydrogen) atoms. The lowest BCUT2D eigenvalue weighted by atomic mass is 10.1. The SMILES string of the molecule is N#Cc1cc(NCC(O)c2ccc(OC(F)F)cc2)nc2ccc(Cl)cc12. The van der Waals surface area contributed by atoms with E-state index in [1.165, 1.54) is 24.3 Å². The minimum atomic E-state index is -2.90. The van der Waals surface area contributed by atoms with Crippen LogP contribution in [0.25, 0.3) is 10.9 Å². The quantitative estimate of drug-likeness (QED) is 0.648. The van der Waals surface area contributed by atoms with Gasteiger partial charge < -0.3 is 15.2 Å². The van der Waals surface area contributed by atoms with E-state index in [1.807, 2.05) is 0 Å². The fraction of sp³-hybridized carbons (Fsp3) is 0.158. The van der Waals surface area contributed by atoms with Crippen molar-refractivity contribution in [3.05, 3.63) is 64.7 Å². The summed E-state index contributed by atoms with van der Waals surface area (Å²) in [4.78, 5) is 4.40. The second kappa shape index (κ2) is 8.16. The van der Waals surface area contributed by atoms with Crippen molar-refractivity contribution in [2.75, 3.05) is 11.9 Å². The third-order valence-electron chi connectivity index (χ3n) is 3.86. The fourth-order valence-electron chi connectivity index (χ4n) is 2.57. The number of ether oxygens (including phenoxy) is 1. The van der Waals surface area contributed by atoms with Crippen LogP contribution in [0.2, 0.25) is 5.02 Å². The molecule has 3 rings (SSSR count). The molecule has 2 aromatic carbocycles. The van der Waals surface area contributed by atoms with Gasteiger partial charge >= 0.3 is 6.61 Å². The van der Waals surface area contributed by atoms with Gasteiger partial charge in [0.15, 0.2) is 0 Å². The molecule has 0 amide bonds. The summed E-state index contributed by atoms with van der Waals surface area (Å²) in [6.07, 6.45) is -0.904. The van der Waals surface area contributed by atoms with Gasteiger partial charge in [-0.05, 0) is 42.0 Å². The van der Waals surface area contributed by atoms with E-state index in [9.17, 15) is 19.1 Å². The second-order valence-electron chi connectivity index (χ2n) is 5.67. The zero-order valence-electron chi connectivity index (χ0n) is 13.9. The Labute approximate surface area is 158 Å². The molecule has 8 heteroatoms. The van der Waals surface area contributed by atoms with E-state index in [4.69, 9.17) is 11.6 Å². The van der Waals surface area contributed by atoms with Crippen molar-refractivity contribution < 1.29 is 18.6 Å². The Bertz CT molecular complexity index is 991. The number of halogens is 3. The molecule has 0 saturated heterocycles. The summed E-state index contributed by atoms with van der Waals surface area (Å²) in [5, 5.41) is 23.7. The van der Waals surface area contributed by atoms with Crippen molar-refractivity contribution in [2.24, 2.45) is 0 Å². The molecule has 1 atom stereocenters. The number of aromatic nitrogens is 1. The molecule has 0 fully saturated rings. The van der Waals surface area contributed by atoms with Crippen LogP contribution in [0.5, 0.6) is 5.75 Å². The zero-order valence-corrected chi connectivity index (χ0v) is 14.6. The molecule has 2 N–H and O–H groups in total. The molecule has 0 bridgehead atoms. The van der Waals surface area contributed by atoms with Crippen LogP contribution in [-0.4, -0.2) is 23.2 Å². The van der Waals surface area contributed by atoms with Crippen molar-refractivity contribution >= 4 is 28.3 Å². The summed E-state index contributed by atoms with van der Waals surface area (Å²) < 4.78 is 28.6. The highest BCUT2D eigenvalue weighted by Gasteiger charge is 2.11. The maximum atomic E-state index is 12.2. The summed E-state index contributed by atoms with van der Waals surface area (Å²) in [5.74, 6) is 0.445. The number of aliphatic hydroxyl groups is 1. The third-order valence-corrected chi connectivity index (χ3v) is 4.09. The number of hydrogen-bond donors (Lipinski definition) is 2. The highest BCUT2D eigenvalue weighted by atomic mass is 35.5. The summed E-state index contributed by atoms with van der Waals surface area (Å²) in [6, 6.07) is 14.5. The van der Waals surface area contributed by atoms with Crippen LogP contribution in [0.4, 0.5) is 14.6 Å². The van der Waals surface area contributed by atoms with Gasteiger partial charge in [-0.15, -0.1) is 0 Å². The monoisotopic (exact) mass is 389 g/mol. The minimum absolute atomic E-state index is 0.0161. The van der Waals surface area contributed by atoms with E-state index in [-0.39, 0.29) is 12.3 Å². The van der Waals surface area contributed by atoms with Crippen molar-refractivity contribution in [2.45, 2.75) is 12.7 Å². The molecular weight excluding hydrogens is 376 g/mol. The van der Waals surface area contributed by atoms with Crippen LogP contribution in [0, 0.1) is 11.3 Å². The van der Waals surface area contributed by atoms with E-state index in [2.05, 4.69) is 21.1 Å². The molecule has 1 unspecified atom stereocenters. The van der Waals surface area contributed by atoms with Crippen molar-refractivity contribution in [1.82, 2.24) is 4.98 Å². The maximum absolute atomic E-state index is 12.2. The van der Waals surface area contributed by atoms with Gasteiger partial charge in [0.05, 0.1) is 23.3 Å². The molecular formula is C19H14ClF2N3O2. The van der Waals surface area contributed by atoms with Crippen LogP contribution < -0.4 is 10.1 Å². The predicted octanol–water partition coefficient (Wildman–Crippen LogP) is 4.51. The first-order chi connectivity index (χ1) is 13.0. The van der Waals surface area contributed by atoms with Crippen molar-refractivity contribution in [1.29, 1.82) is 5.26 Å². The largest absolute Gasteiger partial charge is 0.435 e. The van der Waals surface area contributed by atoms with E-state index >= 15 is 0 Å². The topological polar surface area (TPSA) is 78.2 Å². The lowest BCUT2D eigenvalue weighted by Crippen LogP contribution is -2.13. The molecule has 3 aromatic rings. The smallest absolute Gasteiger partial charge is 0.387 e. The molecule has 0 aliphatic rings. The summed E-state index contributed by atoms with van der Waals surface area (Å²) in [5.41, 5.74) is 1.54. The second-order valence-corrected chi connectivity index (χ2v) is 6.11. The zero-order chi connectivity index (χ0) is 19.4. The number of pyridine rings is 1. The van der Waals surface area contributed by atoms with Gasteiger partial charge in [0, 0.05) is 17.0 Å². The molecule has 1 heterocycles. The highest BCUT2D eigenvalue weighted by molar-refractivity contribution is 6.31. The number of aliphatic hydroxyl groups excluding tert-OH is 1. The van der Waals surface area contributed by atoms with E-state index in [1.54, 1.807) is 24.3 Å². The minimum Gasteiger partial charge on any atom is -0.435 e. The normalized spacial score (nSPS) is 12.0. The highest BCUT2D eigenvalue weighted by Crippen LogP contribution is 2.25. The number of alkyl halides is 2. The average Bonchev–Trinajstić information content (AvgIpc) is 2.65. The summed E-state index contributed by atoms with van der Waals surface area (Å²) in [7, 11) is 0. The average molecular weight is 390 g/mol. The lowest BCUT2D eigenvalue weighted by molar-refractivity contribution is -0.0498. The number of fused-ring (bicyclic) bond motifs is 1. The number of hydrogen-bond acceptors (Lipinski definition) is 5. The van der Waals surface area contributed by atoms with Crippen molar-refractivity contribution in [3.8, 4) is 11.8 Å². The summed E-state index contributed by atoms with van der Waals surface area (Å²) >= 11 is 5.96. The van der Waals surface area contributed by atoms with Gasteiger partial charge in [-0.25, -0.2) is 4.98 Å². The molecule has 0 saturated carbocycles. The van der Waals surface area contributed by atoms with Gasteiger partial charge in [0.2, 0.25) is 0 Å². The van der Waals surface area contributed by atoms with Crippen LogP contribution in [-0.2, 0) is 0 Å². The van der Waals surface area contributed by atoms with Crippen LogP contribution in [0.15, 0.2) is 48.5 Å². The number of rotatable bonds is 6. The predicted molar refractivity (Wildman–Crippen MR) is 98.0 cm³/mol. The first-order valence-electron chi connectivity index (χ1n) is 7.93. The maximum Gasteiger partial charge on any atom is 0.387 e. The third kappa shape index (κ3) is 4.61. The Morgan fingerprint density at radius 3 is 2.59 bits per heavy atom. The number of nitrogens with one attached hydrogen (secondary N) is 1. The number of anilines is 1. The van der Waals surface area contributed by atoms with Crippen molar-refractivity contribution in [3.63, 3.8) is 0 Å². The van der Waals surface area contributed by atoms with Crippen LogP contribution in [0.3, 0.4) is 0 Å². The van der Waals surface area contributed by atoms with Crippen LogP contribution in [0.1, 0.15) is 17.2 Å². The Morgan fingerprint density at radius 1 is 1.19 bits per heavy atom. The Kier molecular flexibility index (Phi) is 5.69. The van der Waals surface area contributed by atoms with Crippen LogP contribution >= 0.6 is 11.6 Å². The number of nitriles is 1. The molecule has 138 valence electrons. The Hall–Kier alpha value is -2.95. The fourth-order valence-corrected chi connectivity index (χ4v) is 2.74. The van der Waals surface area contributed by atoms with E-state index in [0.717, 1.165) is 0 Å². The van der Waals surface area contributed by atoms with E-state index < -0.39 is 12.7 Å². The van der Waals surface area contributed by atoms with Gasteiger partial charge in [-0.2, -0.15) is 14.0 Å². The number of benzene rings is 2. The summed E-state index contributed by atoms with van der Waals surface area (Å²) in [6.45, 7) is -2.78. The van der Waals surface area contributed by atoms with E-state index in [0.29, 0.717) is 32.9 Å². The number of nitrogens with zero attached hydrogens (tertiary/aromatic N) is 2. The Balaban J connectivity index is 1.72. The first kappa shape index (κ1) is 18.8. The molecule has 0 aliphatic carbocycles. The first-order valence-corrected chi connectivity index (χ1v) is 8.31. The molecule has 0 aliphatic heterocycles. The van der Waals surface area contributed by atoms with Gasteiger partial charge in [-0.3, -0.25) is 0 Å². The lowest BCUT2D eigenvalue weighted by Gasteiger charge is -2.14. The van der Waals surface area contributed by atoms with Gasteiger partial charge in [0.25, 0.3) is 0 Å². The molecule has 5 nitrogen and oxygen atoms in total. The standard InChI is InChI=1S/C19H14ClF2N3O2/c20-13-3-6-16-15(8-13)12(9-23)7-18(25-16)24-10-17(26)11-1-4-14(5-2-11)27-19(21)22/h1-8,17,19,26H,10H2,(H,24,25). The molecule has 1 aromatic heterocycles. The molecule has 0 radical (unpaired) electrons. The van der Waals surface area contributed by atoms with Gasteiger partial charge in [0.1, 0.15) is 11.6 Å². The Morgan fingerprint density at radius 2 is 1.93 bits per heavy atom.